The lowest BCUT2D eigenvalue weighted by atomic mass is 9.95. The van der Waals surface area contributed by atoms with Crippen molar-refractivity contribution in [2.45, 2.75) is 51.6 Å². The van der Waals surface area contributed by atoms with Gasteiger partial charge in [0.15, 0.2) is 0 Å². The normalized spacial score (nSPS) is 20.1. The van der Waals surface area contributed by atoms with E-state index >= 15 is 0 Å². The van der Waals surface area contributed by atoms with E-state index in [1.165, 1.54) is 18.4 Å². The van der Waals surface area contributed by atoms with Crippen LogP contribution < -0.4 is 5.32 Å². The summed E-state index contributed by atoms with van der Waals surface area (Å²) >= 11 is 0. The average Bonchev–Trinajstić information content (AvgIpc) is 2.95. The molecular weight excluding hydrogens is 252 g/mol. The zero-order chi connectivity index (χ0) is 13.9. The summed E-state index contributed by atoms with van der Waals surface area (Å²) in [5, 5.41) is 3.13. The zero-order valence-electron chi connectivity index (χ0n) is 12.0. The quantitative estimate of drug-likeness (QED) is 0.813. The Hall–Kier alpha value is -1.78. The first kappa shape index (κ1) is 13.2. The molecule has 20 heavy (non-hydrogen) atoms. The standard InChI is InChI=1S/C15H22N4O/c1-11(12-5-3-2-4-6-12)18-15(20)19-8-7-13-14(9-19)17-10-16-13/h5,10-11H,2-4,6-9H2,1H3,(H,16,17)(H,18,20). The van der Waals surface area contributed by atoms with Gasteiger partial charge in [-0.25, -0.2) is 9.78 Å². The molecule has 1 aromatic heterocycles. The number of hydrogen-bond donors (Lipinski definition) is 2. The van der Waals surface area contributed by atoms with Crippen LogP contribution >= 0.6 is 0 Å². The summed E-state index contributed by atoms with van der Waals surface area (Å²) in [6, 6.07) is 0.176. The fraction of sp³-hybridized carbons (Fsp3) is 0.600. The van der Waals surface area contributed by atoms with Crippen molar-refractivity contribution in [1.82, 2.24) is 20.2 Å². The second kappa shape index (κ2) is 5.69. The van der Waals surface area contributed by atoms with E-state index in [0.717, 1.165) is 37.2 Å². The highest BCUT2D eigenvalue weighted by molar-refractivity contribution is 5.75. The van der Waals surface area contributed by atoms with Gasteiger partial charge in [-0.15, -0.1) is 0 Å². The third-order valence-electron chi connectivity index (χ3n) is 4.28. The molecule has 2 N–H and O–H groups in total. The van der Waals surface area contributed by atoms with Crippen LogP contribution in [0, 0.1) is 0 Å². The molecule has 0 fully saturated rings. The molecule has 0 bridgehead atoms. The van der Waals surface area contributed by atoms with Crippen molar-refractivity contribution in [3.63, 3.8) is 0 Å². The molecule has 1 aliphatic heterocycles. The second-order valence-electron chi connectivity index (χ2n) is 5.70. The van der Waals surface area contributed by atoms with Crippen molar-refractivity contribution in [3.8, 4) is 0 Å². The van der Waals surface area contributed by atoms with Crippen LogP contribution in [0.15, 0.2) is 18.0 Å². The first-order chi connectivity index (χ1) is 9.74. The molecule has 1 aromatic rings. The second-order valence-corrected chi connectivity index (χ2v) is 5.70. The van der Waals surface area contributed by atoms with Crippen molar-refractivity contribution < 1.29 is 4.79 Å². The molecule has 0 saturated carbocycles. The monoisotopic (exact) mass is 274 g/mol. The minimum Gasteiger partial charge on any atom is -0.347 e. The summed E-state index contributed by atoms with van der Waals surface area (Å²) in [4.78, 5) is 21.6. The summed E-state index contributed by atoms with van der Waals surface area (Å²) < 4.78 is 0. The van der Waals surface area contributed by atoms with Gasteiger partial charge in [0, 0.05) is 19.0 Å². The summed E-state index contributed by atoms with van der Waals surface area (Å²) in [5.74, 6) is 0. The SMILES string of the molecule is CC(NC(=O)N1CCc2nc[nH]c2C1)C1=CCCCC1. The topological polar surface area (TPSA) is 61.0 Å². The van der Waals surface area contributed by atoms with E-state index < -0.39 is 0 Å². The molecule has 0 spiro atoms. The molecule has 108 valence electrons. The maximum absolute atomic E-state index is 12.3. The van der Waals surface area contributed by atoms with Crippen LogP contribution in [-0.4, -0.2) is 33.5 Å². The largest absolute Gasteiger partial charge is 0.347 e. The highest BCUT2D eigenvalue weighted by Crippen LogP contribution is 2.21. The number of nitrogens with one attached hydrogen (secondary N) is 2. The number of aromatic nitrogens is 2. The highest BCUT2D eigenvalue weighted by Gasteiger charge is 2.24. The number of amides is 2. The predicted octanol–water partition coefficient (Wildman–Crippen LogP) is 2.37. The van der Waals surface area contributed by atoms with Gasteiger partial charge in [-0.3, -0.25) is 0 Å². The lowest BCUT2D eigenvalue weighted by Gasteiger charge is -2.29. The van der Waals surface area contributed by atoms with E-state index in [9.17, 15) is 4.79 Å². The van der Waals surface area contributed by atoms with Gasteiger partial charge in [0.2, 0.25) is 0 Å². The Kier molecular flexibility index (Phi) is 3.76. The molecule has 5 heteroatoms. The molecule has 0 radical (unpaired) electrons. The molecule has 3 rings (SSSR count). The average molecular weight is 274 g/mol. The first-order valence-corrected chi connectivity index (χ1v) is 7.49. The Morgan fingerprint density at radius 2 is 2.35 bits per heavy atom. The van der Waals surface area contributed by atoms with Gasteiger partial charge in [-0.05, 0) is 32.6 Å². The fourth-order valence-corrected chi connectivity index (χ4v) is 3.01. The van der Waals surface area contributed by atoms with E-state index in [1.807, 2.05) is 4.90 Å². The van der Waals surface area contributed by atoms with Gasteiger partial charge >= 0.3 is 6.03 Å². The Morgan fingerprint density at radius 1 is 1.45 bits per heavy atom. The van der Waals surface area contributed by atoms with Crippen molar-refractivity contribution in [1.29, 1.82) is 0 Å². The van der Waals surface area contributed by atoms with Gasteiger partial charge in [0.05, 0.1) is 24.3 Å². The van der Waals surface area contributed by atoms with Gasteiger partial charge in [-0.2, -0.15) is 0 Å². The number of allylic oxidation sites excluding steroid dienone is 1. The number of hydrogen-bond acceptors (Lipinski definition) is 2. The van der Waals surface area contributed by atoms with Gasteiger partial charge in [0.25, 0.3) is 0 Å². The smallest absolute Gasteiger partial charge is 0.318 e. The Labute approximate surface area is 119 Å². The third-order valence-corrected chi connectivity index (χ3v) is 4.28. The maximum atomic E-state index is 12.3. The molecule has 2 aliphatic rings. The molecule has 5 nitrogen and oxygen atoms in total. The third kappa shape index (κ3) is 2.71. The van der Waals surface area contributed by atoms with Crippen molar-refractivity contribution in [2.24, 2.45) is 0 Å². The van der Waals surface area contributed by atoms with Crippen LogP contribution in [0.1, 0.15) is 44.0 Å². The Morgan fingerprint density at radius 3 is 3.15 bits per heavy atom. The molecule has 2 heterocycles. The van der Waals surface area contributed by atoms with Gasteiger partial charge < -0.3 is 15.2 Å². The summed E-state index contributed by atoms with van der Waals surface area (Å²) in [5.41, 5.74) is 3.54. The van der Waals surface area contributed by atoms with Crippen LogP contribution in [0.4, 0.5) is 4.79 Å². The lowest BCUT2D eigenvalue weighted by Crippen LogP contribution is -2.46. The van der Waals surface area contributed by atoms with Crippen molar-refractivity contribution >= 4 is 6.03 Å². The van der Waals surface area contributed by atoms with Crippen molar-refractivity contribution in [3.05, 3.63) is 29.4 Å². The predicted molar refractivity (Wildman–Crippen MR) is 77.2 cm³/mol. The maximum Gasteiger partial charge on any atom is 0.318 e. The highest BCUT2D eigenvalue weighted by atomic mass is 16.2. The summed E-state index contributed by atoms with van der Waals surface area (Å²) in [6.07, 6.45) is 9.62. The van der Waals surface area contributed by atoms with Crippen LogP contribution in [0.25, 0.3) is 0 Å². The van der Waals surface area contributed by atoms with Crippen LogP contribution in [-0.2, 0) is 13.0 Å². The van der Waals surface area contributed by atoms with Crippen LogP contribution in [0.3, 0.4) is 0 Å². The summed E-state index contributed by atoms with van der Waals surface area (Å²) in [7, 11) is 0. The van der Waals surface area contributed by atoms with E-state index in [0.29, 0.717) is 6.54 Å². The lowest BCUT2D eigenvalue weighted by molar-refractivity contribution is 0.189. The number of rotatable bonds is 2. The Balaban J connectivity index is 1.58. The van der Waals surface area contributed by atoms with Crippen LogP contribution in [0.2, 0.25) is 0 Å². The molecule has 2 amide bonds. The zero-order valence-corrected chi connectivity index (χ0v) is 12.0. The van der Waals surface area contributed by atoms with Gasteiger partial charge in [0.1, 0.15) is 0 Å². The number of nitrogens with zero attached hydrogens (tertiary/aromatic N) is 2. The number of aromatic amines is 1. The fourth-order valence-electron chi connectivity index (χ4n) is 3.01. The van der Waals surface area contributed by atoms with E-state index in [1.54, 1.807) is 6.33 Å². The van der Waals surface area contributed by atoms with E-state index in [2.05, 4.69) is 28.3 Å². The van der Waals surface area contributed by atoms with E-state index in [4.69, 9.17) is 0 Å². The molecular formula is C15H22N4O. The van der Waals surface area contributed by atoms with E-state index in [-0.39, 0.29) is 12.1 Å². The molecule has 0 aromatic carbocycles. The number of carbonyl (C=O) groups excluding carboxylic acids is 1. The Bertz CT molecular complexity index is 520. The number of fused-ring (bicyclic) bond motifs is 1. The van der Waals surface area contributed by atoms with Gasteiger partial charge in [-0.1, -0.05) is 11.6 Å². The molecule has 1 aliphatic carbocycles. The molecule has 0 saturated heterocycles. The molecule has 1 atom stereocenters. The number of urea groups is 1. The summed E-state index contributed by atoms with van der Waals surface area (Å²) in [6.45, 7) is 3.46. The minimum absolute atomic E-state index is 0.0317. The minimum atomic E-state index is 0.0317. The number of H-pyrrole nitrogens is 1. The number of carbonyl (C=O) groups is 1. The van der Waals surface area contributed by atoms with Crippen LogP contribution in [0.5, 0.6) is 0 Å². The first-order valence-electron chi connectivity index (χ1n) is 7.49. The molecule has 1 unspecified atom stereocenters. The van der Waals surface area contributed by atoms with Crippen molar-refractivity contribution in [2.75, 3.05) is 6.54 Å². The number of imidazole rings is 1.